The Morgan fingerprint density at radius 3 is 2.32 bits per heavy atom. The van der Waals surface area contributed by atoms with Gasteiger partial charge in [0, 0.05) is 36.5 Å². The first-order chi connectivity index (χ1) is 13.7. The van der Waals surface area contributed by atoms with Crippen LogP contribution in [0.15, 0.2) is 54.6 Å². The van der Waals surface area contributed by atoms with Crippen LogP contribution in [0, 0.1) is 23.0 Å². The molecule has 0 N–H and O–H groups in total. The van der Waals surface area contributed by atoms with E-state index in [2.05, 4.69) is 16.1 Å². The Morgan fingerprint density at radius 2 is 1.57 bits per heavy atom. The lowest BCUT2D eigenvalue weighted by molar-refractivity contribution is 0.253. The van der Waals surface area contributed by atoms with E-state index in [0.29, 0.717) is 17.7 Å². The Labute approximate surface area is 163 Å². The molecule has 3 aromatic carbocycles. The summed E-state index contributed by atoms with van der Waals surface area (Å²) < 4.78 is 27.3. The lowest BCUT2D eigenvalue weighted by Gasteiger charge is -2.36. The quantitative estimate of drug-likeness (QED) is 0.612. The van der Waals surface area contributed by atoms with Crippen molar-refractivity contribution in [3.05, 3.63) is 77.4 Å². The van der Waals surface area contributed by atoms with Crippen LogP contribution in [0.1, 0.15) is 30.4 Å². The lowest BCUT2D eigenvalue weighted by Crippen LogP contribution is -2.42. The lowest BCUT2D eigenvalue weighted by atomic mass is 10.0. The van der Waals surface area contributed by atoms with Crippen molar-refractivity contribution in [2.24, 2.45) is 0 Å². The minimum Gasteiger partial charge on any atom is -0.305 e. The fraction of sp³-hybridized carbons (Fsp3) is 0.261. The Morgan fingerprint density at radius 1 is 0.857 bits per heavy atom. The van der Waals surface area contributed by atoms with Crippen LogP contribution in [-0.4, -0.2) is 18.1 Å². The summed E-state index contributed by atoms with van der Waals surface area (Å²) >= 11 is 0. The molecule has 0 spiro atoms. The van der Waals surface area contributed by atoms with Crippen molar-refractivity contribution in [2.45, 2.75) is 25.8 Å². The molecule has 1 saturated heterocycles. The van der Waals surface area contributed by atoms with Crippen molar-refractivity contribution in [2.75, 3.05) is 18.1 Å². The van der Waals surface area contributed by atoms with Crippen LogP contribution in [0.4, 0.5) is 14.5 Å². The molecule has 0 amide bonds. The molecule has 0 aliphatic carbocycles. The molecule has 0 saturated carbocycles. The first-order valence-corrected chi connectivity index (χ1v) is 9.55. The topological polar surface area (TPSA) is 30.3 Å². The van der Waals surface area contributed by atoms with E-state index in [9.17, 15) is 14.0 Å². The van der Waals surface area contributed by atoms with Crippen molar-refractivity contribution < 1.29 is 8.78 Å². The predicted molar refractivity (Wildman–Crippen MR) is 107 cm³/mol. The Bertz CT molecular complexity index is 1020. The summed E-state index contributed by atoms with van der Waals surface area (Å²) in [7, 11) is 0. The molecule has 0 unspecified atom stereocenters. The van der Waals surface area contributed by atoms with Gasteiger partial charge in [-0.05, 0) is 42.7 Å². The average Bonchev–Trinajstić information content (AvgIpc) is 2.91. The molecule has 28 heavy (non-hydrogen) atoms. The Balaban J connectivity index is 1.75. The number of hydrazine groups is 1. The van der Waals surface area contributed by atoms with E-state index in [1.807, 2.05) is 36.4 Å². The first-order valence-electron chi connectivity index (χ1n) is 9.55. The highest BCUT2D eigenvalue weighted by Gasteiger charge is 2.22. The van der Waals surface area contributed by atoms with Gasteiger partial charge in [0.15, 0.2) is 0 Å². The number of hydrogen-bond donors (Lipinski definition) is 0. The van der Waals surface area contributed by atoms with Gasteiger partial charge in [0.1, 0.15) is 11.6 Å². The zero-order chi connectivity index (χ0) is 19.5. The van der Waals surface area contributed by atoms with Gasteiger partial charge in [-0.1, -0.05) is 30.7 Å². The van der Waals surface area contributed by atoms with Crippen LogP contribution < -0.4 is 5.01 Å². The van der Waals surface area contributed by atoms with E-state index >= 15 is 0 Å². The van der Waals surface area contributed by atoms with Gasteiger partial charge >= 0.3 is 0 Å². The molecule has 4 rings (SSSR count). The van der Waals surface area contributed by atoms with E-state index in [-0.39, 0.29) is 0 Å². The van der Waals surface area contributed by atoms with Crippen LogP contribution in [0.25, 0.3) is 10.8 Å². The maximum Gasteiger partial charge on any atom is 0.126 e. The zero-order valence-corrected chi connectivity index (χ0v) is 15.5. The van der Waals surface area contributed by atoms with Gasteiger partial charge < -0.3 is 5.01 Å². The number of halogens is 2. The minimum absolute atomic E-state index is 0.434. The molecular formula is C23H21F2N3. The summed E-state index contributed by atoms with van der Waals surface area (Å²) in [4.78, 5) is 0. The van der Waals surface area contributed by atoms with Crippen LogP contribution in [0.2, 0.25) is 0 Å². The second-order valence-corrected chi connectivity index (χ2v) is 7.14. The number of nitrogens with zero attached hydrogens (tertiary/aromatic N) is 3. The van der Waals surface area contributed by atoms with Crippen molar-refractivity contribution in [1.82, 2.24) is 5.01 Å². The summed E-state index contributed by atoms with van der Waals surface area (Å²) in [5.41, 5.74) is 2.28. The molecule has 0 bridgehead atoms. The number of hydrogen-bond acceptors (Lipinski definition) is 3. The van der Waals surface area contributed by atoms with Crippen LogP contribution in [0.5, 0.6) is 0 Å². The Hall–Kier alpha value is -2.97. The maximum absolute atomic E-state index is 13.7. The van der Waals surface area contributed by atoms with Gasteiger partial charge in [-0.2, -0.15) is 5.26 Å². The molecule has 1 fully saturated rings. The predicted octanol–water partition coefficient (Wildman–Crippen LogP) is 5.40. The first kappa shape index (κ1) is 18.4. The fourth-order valence-corrected chi connectivity index (χ4v) is 3.95. The normalized spacial score (nSPS) is 15.4. The summed E-state index contributed by atoms with van der Waals surface area (Å²) in [6.45, 7) is 2.07. The van der Waals surface area contributed by atoms with Crippen molar-refractivity contribution >= 4 is 16.5 Å². The van der Waals surface area contributed by atoms with Crippen LogP contribution in [-0.2, 0) is 6.54 Å². The van der Waals surface area contributed by atoms with E-state index < -0.39 is 11.6 Å². The summed E-state index contributed by atoms with van der Waals surface area (Å²) in [6.07, 6.45) is 3.18. The van der Waals surface area contributed by atoms with Gasteiger partial charge in [-0.25, -0.2) is 13.8 Å². The molecule has 3 aromatic rings. The molecule has 1 aliphatic heterocycles. The summed E-state index contributed by atoms with van der Waals surface area (Å²) in [5.74, 6) is -1.11. The van der Waals surface area contributed by atoms with Gasteiger partial charge in [0.05, 0.1) is 17.3 Å². The van der Waals surface area contributed by atoms with E-state index in [1.54, 1.807) is 0 Å². The zero-order valence-electron chi connectivity index (χ0n) is 15.5. The van der Waals surface area contributed by atoms with E-state index in [1.165, 1.54) is 12.1 Å². The van der Waals surface area contributed by atoms with Gasteiger partial charge in [0.25, 0.3) is 0 Å². The molecule has 0 aromatic heterocycles. The van der Waals surface area contributed by atoms with Crippen molar-refractivity contribution in [1.29, 1.82) is 5.26 Å². The number of fused-ring (bicyclic) bond motifs is 1. The summed E-state index contributed by atoms with van der Waals surface area (Å²) in [5, 5.41) is 15.7. The Kier molecular flexibility index (Phi) is 5.23. The average molecular weight is 377 g/mol. The minimum atomic E-state index is -0.555. The van der Waals surface area contributed by atoms with Gasteiger partial charge in [0.2, 0.25) is 0 Å². The highest BCUT2D eigenvalue weighted by atomic mass is 19.1. The molecule has 1 aliphatic rings. The molecule has 3 nitrogen and oxygen atoms in total. The monoisotopic (exact) mass is 377 g/mol. The van der Waals surface area contributed by atoms with E-state index in [4.69, 9.17) is 0 Å². The van der Waals surface area contributed by atoms with Gasteiger partial charge in [-0.3, -0.25) is 0 Å². The smallest absolute Gasteiger partial charge is 0.126 e. The largest absolute Gasteiger partial charge is 0.305 e. The number of rotatable bonds is 3. The molecule has 1 heterocycles. The summed E-state index contributed by atoms with van der Waals surface area (Å²) in [6, 6.07) is 17.7. The molecule has 5 heteroatoms. The third-order valence-corrected chi connectivity index (χ3v) is 5.21. The second kappa shape index (κ2) is 7.95. The third kappa shape index (κ3) is 3.69. The number of nitriles is 1. The molecular weight excluding hydrogens is 356 g/mol. The van der Waals surface area contributed by atoms with Gasteiger partial charge in [-0.15, -0.1) is 0 Å². The standard InChI is InChI=1S/C23H21F2N3/c24-19-12-17(13-20(25)14-19)16-27-10-4-1-5-11-28(27)23-9-8-18(15-26)21-6-2-3-7-22(21)23/h2-3,6-9,12-14H,1,4-5,10-11,16H2. The highest BCUT2D eigenvalue weighted by Crippen LogP contribution is 2.32. The van der Waals surface area contributed by atoms with Crippen LogP contribution in [0.3, 0.4) is 0 Å². The fourth-order valence-electron chi connectivity index (χ4n) is 3.95. The molecule has 0 atom stereocenters. The molecule has 142 valence electrons. The highest BCUT2D eigenvalue weighted by molar-refractivity contribution is 5.97. The maximum atomic E-state index is 13.7. The SMILES string of the molecule is N#Cc1ccc(N2CCCCCN2Cc2cc(F)cc(F)c2)c2ccccc12. The van der Waals surface area contributed by atoms with E-state index in [0.717, 1.165) is 54.9 Å². The van der Waals surface area contributed by atoms with Crippen molar-refractivity contribution in [3.8, 4) is 6.07 Å². The van der Waals surface area contributed by atoms with Crippen LogP contribution >= 0.6 is 0 Å². The second-order valence-electron chi connectivity index (χ2n) is 7.14. The third-order valence-electron chi connectivity index (χ3n) is 5.21. The van der Waals surface area contributed by atoms with Crippen molar-refractivity contribution in [3.63, 3.8) is 0 Å². The number of anilines is 1. The molecule has 0 radical (unpaired) electrons. The number of benzene rings is 3.